The summed E-state index contributed by atoms with van der Waals surface area (Å²) in [6.07, 6.45) is 0.534. The van der Waals surface area contributed by atoms with E-state index in [2.05, 4.69) is 0 Å². The zero-order valence-corrected chi connectivity index (χ0v) is 19.8. The maximum absolute atomic E-state index is 13.6. The van der Waals surface area contributed by atoms with E-state index in [1.165, 1.54) is 4.57 Å². The number of likely N-dealkylation sites (N-methyl/N-ethyl adjacent to an activating group) is 1. The number of carbonyl (C=O) groups is 1. The van der Waals surface area contributed by atoms with Gasteiger partial charge >= 0.3 is 0 Å². The van der Waals surface area contributed by atoms with Crippen LogP contribution in [-0.4, -0.2) is 27.4 Å². The monoisotopic (exact) mass is 479 g/mol. The highest BCUT2D eigenvalue weighted by atomic mass is 35.5. The van der Waals surface area contributed by atoms with E-state index in [4.69, 9.17) is 28.2 Å². The van der Waals surface area contributed by atoms with Gasteiger partial charge in [-0.2, -0.15) is 0 Å². The molecule has 0 saturated carbocycles. The number of benzene rings is 3. The second-order valence-corrected chi connectivity index (χ2v) is 8.63. The molecule has 4 rings (SSSR count). The third-order valence-corrected chi connectivity index (χ3v) is 6.35. The molecule has 4 aromatic rings. The van der Waals surface area contributed by atoms with Crippen molar-refractivity contribution in [2.45, 2.75) is 24.8 Å². The van der Waals surface area contributed by atoms with Crippen molar-refractivity contribution in [3.05, 3.63) is 106 Å². The molecule has 2 atom stereocenters. The third-order valence-electron chi connectivity index (χ3n) is 5.68. The number of nitrogens with zero attached hydrogens (tertiary/aromatic N) is 3. The lowest BCUT2D eigenvalue weighted by Crippen LogP contribution is -2.37. The molecule has 33 heavy (non-hydrogen) atoms. The Hall–Kier alpha value is -3.15. The Bertz CT molecular complexity index is 1350. The van der Waals surface area contributed by atoms with Crippen LogP contribution in [0.2, 0.25) is 5.02 Å². The number of halogens is 2. The van der Waals surface area contributed by atoms with Crippen LogP contribution in [0, 0.1) is 0 Å². The Kier molecular flexibility index (Phi) is 6.82. The molecule has 3 aromatic carbocycles. The van der Waals surface area contributed by atoms with Crippen LogP contribution in [0.25, 0.3) is 16.6 Å². The quantitative estimate of drug-likeness (QED) is 0.322. The van der Waals surface area contributed by atoms with Crippen LogP contribution in [0.1, 0.15) is 36.2 Å². The third kappa shape index (κ3) is 4.52. The van der Waals surface area contributed by atoms with Gasteiger partial charge in [-0.05, 0) is 42.3 Å². The van der Waals surface area contributed by atoms with Crippen molar-refractivity contribution < 1.29 is 4.79 Å². The molecule has 0 spiro atoms. The summed E-state index contributed by atoms with van der Waals surface area (Å²) in [5, 5.41) is 0.141. The highest BCUT2D eigenvalue weighted by Crippen LogP contribution is 2.30. The van der Waals surface area contributed by atoms with Gasteiger partial charge in [-0.25, -0.2) is 4.98 Å². The fraction of sp³-hybridized carbons (Fsp3) is 0.192. The van der Waals surface area contributed by atoms with E-state index >= 15 is 0 Å². The number of aromatic nitrogens is 2. The SMILES string of the molecule is CCC(c1nc2ccccc2c(=O)n1-c1cccc(Cl)c1)N(C)C(=O)C(Cl)c1ccccc1. The first-order valence-corrected chi connectivity index (χ1v) is 11.5. The molecule has 168 valence electrons. The van der Waals surface area contributed by atoms with Crippen molar-refractivity contribution in [2.24, 2.45) is 0 Å². The molecule has 0 N–H and O–H groups in total. The Morgan fingerprint density at radius 1 is 1.03 bits per heavy atom. The average Bonchev–Trinajstić information content (AvgIpc) is 2.84. The molecule has 1 amide bonds. The normalized spacial score (nSPS) is 13.0. The Labute approximate surface area is 202 Å². The number of amides is 1. The maximum atomic E-state index is 13.6. The summed E-state index contributed by atoms with van der Waals surface area (Å²) in [5.74, 6) is 0.186. The van der Waals surface area contributed by atoms with Crippen LogP contribution in [0.5, 0.6) is 0 Å². The fourth-order valence-electron chi connectivity index (χ4n) is 3.96. The van der Waals surface area contributed by atoms with Crippen LogP contribution in [0.15, 0.2) is 83.7 Å². The van der Waals surface area contributed by atoms with Gasteiger partial charge in [0.25, 0.3) is 5.56 Å². The average molecular weight is 480 g/mol. The van der Waals surface area contributed by atoms with E-state index in [1.54, 1.807) is 54.4 Å². The van der Waals surface area contributed by atoms with Gasteiger partial charge in [0.15, 0.2) is 0 Å². The minimum Gasteiger partial charge on any atom is -0.334 e. The van der Waals surface area contributed by atoms with Crippen LogP contribution in [0.3, 0.4) is 0 Å². The number of carbonyl (C=O) groups excluding carboxylic acids is 1. The molecule has 2 unspecified atom stereocenters. The van der Waals surface area contributed by atoms with Crippen molar-refractivity contribution in [2.75, 3.05) is 7.05 Å². The van der Waals surface area contributed by atoms with Gasteiger partial charge in [-0.3, -0.25) is 14.2 Å². The molecular formula is C26H23Cl2N3O2. The van der Waals surface area contributed by atoms with E-state index in [-0.39, 0.29) is 11.5 Å². The Morgan fingerprint density at radius 3 is 2.42 bits per heavy atom. The van der Waals surface area contributed by atoms with Gasteiger partial charge < -0.3 is 4.90 Å². The van der Waals surface area contributed by atoms with Crippen LogP contribution in [-0.2, 0) is 4.79 Å². The molecule has 0 aliphatic carbocycles. The van der Waals surface area contributed by atoms with Crippen LogP contribution >= 0.6 is 23.2 Å². The number of para-hydroxylation sites is 1. The summed E-state index contributed by atoms with van der Waals surface area (Å²) < 4.78 is 1.54. The molecule has 0 bridgehead atoms. The molecule has 0 aliphatic heterocycles. The topological polar surface area (TPSA) is 55.2 Å². The molecule has 5 nitrogen and oxygen atoms in total. The molecule has 0 fully saturated rings. The summed E-state index contributed by atoms with van der Waals surface area (Å²) >= 11 is 12.8. The standard InChI is InChI=1S/C26H23Cl2N3O2/c1-3-22(30(2)26(33)23(28)17-10-5-4-6-11-17)24-29-21-15-8-7-14-20(21)25(32)31(24)19-13-9-12-18(27)16-19/h4-16,22-23H,3H2,1-2H3. The maximum Gasteiger partial charge on any atom is 0.266 e. The van der Waals surface area contributed by atoms with E-state index in [1.807, 2.05) is 43.3 Å². The molecule has 0 radical (unpaired) electrons. The number of rotatable bonds is 6. The Balaban J connectivity index is 1.86. The van der Waals surface area contributed by atoms with Crippen molar-refractivity contribution in [3.8, 4) is 5.69 Å². The lowest BCUT2D eigenvalue weighted by atomic mass is 10.1. The first-order valence-electron chi connectivity index (χ1n) is 10.7. The van der Waals surface area contributed by atoms with Gasteiger partial charge in [0.1, 0.15) is 11.2 Å². The van der Waals surface area contributed by atoms with Gasteiger partial charge in [0.05, 0.1) is 22.6 Å². The molecule has 0 saturated heterocycles. The molecular weight excluding hydrogens is 457 g/mol. The summed E-state index contributed by atoms with van der Waals surface area (Å²) in [4.78, 5) is 33.3. The number of hydrogen-bond acceptors (Lipinski definition) is 3. The summed E-state index contributed by atoms with van der Waals surface area (Å²) in [6.45, 7) is 1.95. The number of fused-ring (bicyclic) bond motifs is 1. The lowest BCUT2D eigenvalue weighted by molar-refractivity contribution is -0.132. The predicted octanol–water partition coefficient (Wildman–Crippen LogP) is 5.93. The summed E-state index contributed by atoms with van der Waals surface area (Å²) in [5.41, 5.74) is 1.65. The van der Waals surface area contributed by atoms with Crippen molar-refractivity contribution in [3.63, 3.8) is 0 Å². The minimum atomic E-state index is -0.850. The number of hydrogen-bond donors (Lipinski definition) is 0. The largest absolute Gasteiger partial charge is 0.334 e. The predicted molar refractivity (Wildman–Crippen MR) is 133 cm³/mol. The van der Waals surface area contributed by atoms with Gasteiger partial charge in [0, 0.05) is 12.1 Å². The Morgan fingerprint density at radius 2 is 1.73 bits per heavy atom. The van der Waals surface area contributed by atoms with Gasteiger partial charge in [-0.1, -0.05) is 67.1 Å². The van der Waals surface area contributed by atoms with E-state index in [0.29, 0.717) is 39.4 Å². The van der Waals surface area contributed by atoms with Gasteiger partial charge in [-0.15, -0.1) is 11.6 Å². The van der Waals surface area contributed by atoms with E-state index < -0.39 is 11.4 Å². The zero-order chi connectivity index (χ0) is 23.5. The van der Waals surface area contributed by atoms with Crippen LogP contribution in [0.4, 0.5) is 0 Å². The minimum absolute atomic E-state index is 0.220. The highest BCUT2D eigenvalue weighted by molar-refractivity contribution is 6.31. The lowest BCUT2D eigenvalue weighted by Gasteiger charge is -2.30. The van der Waals surface area contributed by atoms with Crippen molar-refractivity contribution in [1.29, 1.82) is 0 Å². The molecule has 0 aliphatic rings. The van der Waals surface area contributed by atoms with Gasteiger partial charge in [0.2, 0.25) is 5.91 Å². The molecule has 1 aromatic heterocycles. The summed E-state index contributed by atoms with van der Waals surface area (Å²) in [6, 6.07) is 22.9. The van der Waals surface area contributed by atoms with E-state index in [9.17, 15) is 9.59 Å². The van der Waals surface area contributed by atoms with Crippen molar-refractivity contribution in [1.82, 2.24) is 14.5 Å². The van der Waals surface area contributed by atoms with E-state index in [0.717, 1.165) is 0 Å². The highest BCUT2D eigenvalue weighted by Gasteiger charge is 2.30. The zero-order valence-electron chi connectivity index (χ0n) is 18.3. The van der Waals surface area contributed by atoms with Crippen molar-refractivity contribution >= 4 is 40.0 Å². The molecule has 7 heteroatoms. The second kappa shape index (κ2) is 9.77. The first kappa shape index (κ1) is 23.0. The fourth-order valence-corrected chi connectivity index (χ4v) is 4.45. The first-order chi connectivity index (χ1) is 15.9. The summed E-state index contributed by atoms with van der Waals surface area (Å²) in [7, 11) is 1.69. The number of alkyl halides is 1. The second-order valence-electron chi connectivity index (χ2n) is 7.75. The van der Waals surface area contributed by atoms with Crippen LogP contribution < -0.4 is 5.56 Å². The molecule has 1 heterocycles. The smallest absolute Gasteiger partial charge is 0.266 e.